The average Bonchev–Trinajstić information content (AvgIpc) is 0.577. The second kappa shape index (κ2) is 45.4. The predicted molar refractivity (Wildman–Crippen MR) is 389 cm³/mol. The SMILES string of the molecule is C.CCOC(=O)CC1CCc2cc(N)ccc2O1.CCOC(=O)CC1CCc2cc([N+](=O)[O-])ccc2O1.CCOC1CCc2cc([N+](=O)[O-])ccc2O1.Cc1cc([N+](=O)[O-])ccc1O.O=S(Cl)Cl.O=[N+]([O-])c1ccc(O)c(CCl)c1.O=[N+]([O-])c1ccc(O)c(CO)c1.O=[N+]([O-])c1ccc2c(c1)CCC(O)O2. The van der Waals surface area contributed by atoms with Crippen molar-refractivity contribution in [2.45, 2.75) is 137 Å². The molecule has 0 saturated carbocycles. The van der Waals surface area contributed by atoms with Crippen LogP contribution in [0.15, 0.2) is 127 Å². The predicted octanol–water partition coefficient (Wildman–Crippen LogP) is 13.8. The first kappa shape index (κ1) is 89.4. The Kier molecular flexibility index (Phi) is 38.3. The average molecular weight is 1560 g/mol. The summed E-state index contributed by atoms with van der Waals surface area (Å²) in [6, 6.07) is 30.3. The number of aliphatic hydroxyl groups excluding tert-OH is 2. The zero-order valence-electron chi connectivity index (χ0n) is 56.6. The molecule has 4 heterocycles. The van der Waals surface area contributed by atoms with E-state index >= 15 is 0 Å². The van der Waals surface area contributed by atoms with Crippen LogP contribution in [0.4, 0.5) is 39.8 Å². The third-order valence-electron chi connectivity index (χ3n) is 14.7. The number of rotatable bonds is 16. The van der Waals surface area contributed by atoms with E-state index in [9.17, 15) is 75.4 Å². The summed E-state index contributed by atoms with van der Waals surface area (Å²) in [6.07, 6.45) is 4.85. The molecule has 0 bridgehead atoms. The van der Waals surface area contributed by atoms with E-state index in [2.05, 4.69) is 21.4 Å². The van der Waals surface area contributed by atoms with Crippen LogP contribution in [0.2, 0.25) is 0 Å². The van der Waals surface area contributed by atoms with Gasteiger partial charge >= 0.3 is 11.9 Å². The quantitative estimate of drug-likeness (QED) is 0.0131. The molecule has 4 unspecified atom stereocenters. The number of alkyl halides is 1. The molecule has 7 N–H and O–H groups in total. The van der Waals surface area contributed by atoms with E-state index in [1.54, 1.807) is 39.0 Å². The summed E-state index contributed by atoms with van der Waals surface area (Å²) in [5.74, 6) is 2.19. The first-order chi connectivity index (χ1) is 49.8. The fourth-order valence-corrected chi connectivity index (χ4v) is 9.92. The third-order valence-corrected chi connectivity index (χ3v) is 15.0. The molecule has 0 saturated heterocycles. The zero-order chi connectivity index (χ0) is 78.0. The van der Waals surface area contributed by atoms with Crippen molar-refractivity contribution < 1.29 is 102 Å². The van der Waals surface area contributed by atoms with Gasteiger partial charge in [0.1, 0.15) is 52.5 Å². The molecule has 0 fully saturated rings. The summed E-state index contributed by atoms with van der Waals surface area (Å²) in [4.78, 5) is 82.3. The van der Waals surface area contributed by atoms with E-state index in [0.717, 1.165) is 65.4 Å². The monoisotopic (exact) mass is 1560 g/mol. The molecular formula is C68H78Cl3N7O27S. The molecule has 7 aromatic rings. The van der Waals surface area contributed by atoms with E-state index in [0.29, 0.717) is 80.3 Å². The number of nitrogens with zero attached hydrogens (tertiary/aromatic N) is 6. The fraction of sp³-hybridized carbons (Fsp3) is 0.353. The molecule has 4 atom stereocenters. The van der Waals surface area contributed by atoms with Crippen molar-refractivity contribution >= 4 is 93.9 Å². The fourth-order valence-electron chi connectivity index (χ4n) is 9.71. The number of aliphatic hydroxyl groups is 2. The first-order valence-corrected chi connectivity index (χ1v) is 34.9. The number of anilines is 1. The number of benzene rings is 7. The van der Waals surface area contributed by atoms with Gasteiger partial charge in [0.15, 0.2) is 12.6 Å². The lowest BCUT2D eigenvalue weighted by Crippen LogP contribution is -2.26. The lowest BCUT2D eigenvalue weighted by atomic mass is 10.00. The molecule has 0 aromatic heterocycles. The van der Waals surface area contributed by atoms with E-state index in [1.165, 1.54) is 84.9 Å². The number of aryl methyl sites for hydroxylation is 5. The van der Waals surface area contributed by atoms with Crippen LogP contribution < -0.4 is 24.7 Å². The number of nitro groups is 6. The number of fused-ring (bicyclic) bond motifs is 4. The number of non-ortho nitro benzene ring substituents is 6. The maximum atomic E-state index is 11.4. The van der Waals surface area contributed by atoms with Crippen LogP contribution in [0, 0.1) is 67.6 Å². The van der Waals surface area contributed by atoms with E-state index in [4.69, 9.17) is 75.1 Å². The van der Waals surface area contributed by atoms with Crippen LogP contribution in [0.25, 0.3) is 0 Å². The Hall–Kier alpha value is -10.8. The van der Waals surface area contributed by atoms with Gasteiger partial charge in [-0.2, -0.15) is 0 Å². The standard InChI is InChI=1S/C13H15NO5.C13H17NO3.C11H13NO4.C9H9NO4.C7H6ClNO3.C7H7NO4.C7H7NO3.CH4.Cl2OS/c1-2-18-13(15)8-11-5-3-9-7-10(14(16)17)4-6-12(9)19-11;1-2-16-13(15)8-11-5-3-9-7-10(14)4-6-12(9)17-11;1-2-15-11-6-3-8-7-9(12(13)14)4-5-10(8)16-11;11-9-4-1-6-5-7(10(12)13)2-3-8(6)14-9;8-4-5-3-6(9(11)12)1-2-7(5)10;9-4-5-3-6(8(11)12)1-2-7(5)10;1-5-4-6(8(10)11)2-3-7(5)9;;1-4(2)3/h4,6-7,11H,2-3,5,8H2,1H3;4,6-7,11H,2-3,5,8,14H2,1H3;4-5,7,11H,2-3,6H2,1H3;2-3,5,9,11H,1,4H2;1-3,10H,4H2;1-3,9-10H,4H2;2-4,9H,1H3;1H4;. The summed E-state index contributed by atoms with van der Waals surface area (Å²) in [5.41, 5.74) is 11.1. The normalized spacial score (nSPS) is 14.9. The van der Waals surface area contributed by atoms with Crippen LogP contribution in [-0.2, 0) is 71.2 Å². The van der Waals surface area contributed by atoms with Crippen molar-refractivity contribution in [2.75, 3.05) is 25.6 Å². The topological polar surface area (TPSA) is 502 Å². The number of carbonyl (C=O) groups excluding carboxylic acids is 2. The minimum atomic E-state index is -1.67. The number of halogens is 3. The number of hydrogen-bond acceptors (Lipinski definition) is 28. The molecule has 7 aromatic carbocycles. The Labute approximate surface area is 622 Å². The van der Waals surface area contributed by atoms with Crippen LogP contribution in [0.1, 0.15) is 106 Å². The second-order valence-electron chi connectivity index (χ2n) is 22.1. The van der Waals surface area contributed by atoms with Crippen molar-refractivity contribution in [1.82, 2.24) is 0 Å². The van der Waals surface area contributed by atoms with E-state index in [-0.39, 0.29) is 107 Å². The highest BCUT2D eigenvalue weighted by atomic mass is 36.0. The molecule has 574 valence electrons. The van der Waals surface area contributed by atoms with Crippen molar-refractivity contribution in [2.24, 2.45) is 0 Å². The number of aromatic hydroxyl groups is 3. The van der Waals surface area contributed by atoms with Crippen LogP contribution >= 0.6 is 33.0 Å². The number of esters is 2. The molecular weight excluding hydrogens is 1490 g/mol. The lowest BCUT2D eigenvalue weighted by molar-refractivity contribution is -0.385. The molecule has 34 nitrogen and oxygen atoms in total. The molecule has 38 heteroatoms. The number of ether oxygens (including phenoxy) is 7. The Morgan fingerprint density at radius 2 is 0.840 bits per heavy atom. The third kappa shape index (κ3) is 30.5. The minimum Gasteiger partial charge on any atom is -0.508 e. The van der Waals surface area contributed by atoms with Gasteiger partial charge in [-0.15, -0.1) is 11.6 Å². The van der Waals surface area contributed by atoms with Crippen molar-refractivity contribution in [3.05, 3.63) is 227 Å². The molecule has 4 aliphatic heterocycles. The highest BCUT2D eigenvalue weighted by Crippen LogP contribution is 2.35. The van der Waals surface area contributed by atoms with Gasteiger partial charge in [0.05, 0.1) is 68.1 Å². The molecule has 0 aliphatic carbocycles. The second-order valence-corrected chi connectivity index (χ2v) is 24.9. The van der Waals surface area contributed by atoms with Gasteiger partial charge in [-0.25, -0.2) is 4.21 Å². The lowest BCUT2D eigenvalue weighted by Gasteiger charge is -2.25. The Morgan fingerprint density at radius 3 is 1.24 bits per heavy atom. The maximum absolute atomic E-state index is 11.4. The van der Waals surface area contributed by atoms with E-state index < -0.39 is 51.7 Å². The molecule has 0 spiro atoms. The van der Waals surface area contributed by atoms with Crippen LogP contribution in [0.3, 0.4) is 0 Å². The van der Waals surface area contributed by atoms with Crippen molar-refractivity contribution in [3.8, 4) is 40.2 Å². The summed E-state index contributed by atoms with van der Waals surface area (Å²) < 4.78 is 46.3. The highest BCUT2D eigenvalue weighted by Gasteiger charge is 2.27. The Morgan fingerprint density at radius 1 is 0.500 bits per heavy atom. The molecule has 11 rings (SSSR count). The van der Waals surface area contributed by atoms with Gasteiger partial charge in [0.2, 0.25) is 9.23 Å². The Balaban J connectivity index is 0.000000320. The summed E-state index contributed by atoms with van der Waals surface area (Å²) in [5, 5.41) is 107. The summed E-state index contributed by atoms with van der Waals surface area (Å²) in [6.45, 7) is 8.05. The van der Waals surface area contributed by atoms with Crippen molar-refractivity contribution in [3.63, 3.8) is 0 Å². The van der Waals surface area contributed by atoms with Gasteiger partial charge in [-0.05, 0) is 132 Å². The number of carbonyl (C=O) groups is 2. The highest BCUT2D eigenvalue weighted by molar-refractivity contribution is 8.26. The minimum absolute atomic E-state index is 0. The maximum Gasteiger partial charge on any atom is 0.309 e. The van der Waals surface area contributed by atoms with Gasteiger partial charge < -0.3 is 64.4 Å². The van der Waals surface area contributed by atoms with Gasteiger partial charge in [-0.1, -0.05) is 7.43 Å². The van der Waals surface area contributed by atoms with Crippen LogP contribution in [-0.4, -0.2) is 116 Å². The number of phenolic OH excluding ortho intramolecular Hbond substituents is 2. The molecule has 0 amide bonds. The molecule has 0 radical (unpaired) electrons. The summed E-state index contributed by atoms with van der Waals surface area (Å²) >= 11 is 5.43. The Bertz CT molecular complexity index is 4110. The summed E-state index contributed by atoms with van der Waals surface area (Å²) in [7, 11) is 7.36. The molecule has 4 aliphatic rings. The smallest absolute Gasteiger partial charge is 0.309 e. The number of nitro benzene ring substituents is 6. The number of phenols is 3. The van der Waals surface area contributed by atoms with Crippen molar-refractivity contribution in [1.29, 1.82) is 0 Å². The number of hydrogen-bond donors (Lipinski definition) is 6. The number of nitrogen functional groups attached to an aromatic ring is 1. The number of nitrogens with two attached hydrogens (primary N) is 1. The van der Waals surface area contributed by atoms with E-state index in [1.807, 2.05) is 25.1 Å². The molecule has 106 heavy (non-hydrogen) atoms. The largest absolute Gasteiger partial charge is 0.508 e. The van der Waals surface area contributed by atoms with Gasteiger partial charge in [-0.3, -0.25) is 70.3 Å². The first-order valence-electron chi connectivity index (χ1n) is 31.6. The van der Waals surface area contributed by atoms with Gasteiger partial charge in [0, 0.05) is 147 Å². The van der Waals surface area contributed by atoms with Crippen LogP contribution in [0.5, 0.6) is 40.2 Å². The van der Waals surface area contributed by atoms with Gasteiger partial charge in [0.25, 0.3) is 34.1 Å². The zero-order valence-corrected chi connectivity index (χ0v) is 59.6.